The molecule has 0 amide bonds. The fourth-order valence-electron chi connectivity index (χ4n) is 19.6. The summed E-state index contributed by atoms with van der Waals surface area (Å²) in [5.41, 5.74) is 13.8. The highest BCUT2D eigenvalue weighted by Crippen LogP contribution is 2.53. The molecule has 2 unspecified atom stereocenters. The summed E-state index contributed by atoms with van der Waals surface area (Å²) in [5.74, 6) is 7.01. The molecule has 20 aromatic rings. The summed E-state index contributed by atoms with van der Waals surface area (Å²) in [6.45, 7) is 17.5. The Balaban J connectivity index is 0.000000110. The van der Waals surface area contributed by atoms with E-state index < -0.39 is 34.6 Å². The number of nitrogens with zero attached hydrogens (tertiary/aromatic N) is 16. The van der Waals surface area contributed by atoms with Crippen LogP contribution in [-0.4, -0.2) is 121 Å². The van der Waals surface area contributed by atoms with Crippen molar-refractivity contribution in [3.05, 3.63) is 381 Å². The molecular weight excluding hydrogens is 1740 g/mol. The molecule has 0 radical (unpaired) electrons. The molecule has 4 saturated carbocycles. The fraction of sp³-hybridized carbons (Fsp3) is 0.259. The van der Waals surface area contributed by atoms with Gasteiger partial charge in [0.25, 0.3) is 6.43 Å². The van der Waals surface area contributed by atoms with Crippen molar-refractivity contribution in [1.29, 1.82) is 0 Å². The number of hydrogen-bond donors (Lipinski definition) is 8. The molecule has 8 N–H and O–H groups in total. The molecule has 4 aliphatic carbocycles. The van der Waals surface area contributed by atoms with E-state index in [-0.39, 0.29) is 11.0 Å². The molecule has 0 spiro atoms. The normalized spacial score (nSPS) is 15.4. The number of H-pyrrole nitrogens is 4. The Morgan fingerprint density at radius 1 is 0.348 bits per heavy atom. The van der Waals surface area contributed by atoms with Crippen LogP contribution in [0.5, 0.6) is 0 Å². The smallest absolute Gasteiger partial charge is 0.298 e. The number of rotatable bonds is 21. The molecule has 138 heavy (non-hydrogen) atoms. The molecule has 692 valence electrons. The van der Waals surface area contributed by atoms with E-state index in [9.17, 15) is 29.2 Å². The van der Waals surface area contributed by atoms with E-state index in [0.717, 1.165) is 158 Å². The third kappa shape index (κ3) is 16.0. The third-order valence-electron chi connectivity index (χ3n) is 27.3. The van der Waals surface area contributed by atoms with Crippen molar-refractivity contribution in [2.75, 3.05) is 0 Å². The Morgan fingerprint density at radius 3 is 0.884 bits per heavy atom. The third-order valence-corrected chi connectivity index (χ3v) is 27.3. The molecule has 4 aliphatic rings. The lowest BCUT2D eigenvalue weighted by Crippen LogP contribution is -2.31. The average molecular weight is 1840 g/mol. The monoisotopic (exact) mass is 1840 g/mol. The fourth-order valence-corrected chi connectivity index (χ4v) is 19.6. The highest BCUT2D eigenvalue weighted by Gasteiger charge is 2.48. The molecule has 24 rings (SSSR count). The van der Waals surface area contributed by atoms with E-state index in [1.54, 1.807) is 105 Å². The molecular formula is C108H98F2N20O8. The summed E-state index contributed by atoms with van der Waals surface area (Å²) in [5, 5.41) is 66.1. The van der Waals surface area contributed by atoms with Crippen molar-refractivity contribution in [3.63, 3.8) is 0 Å². The van der Waals surface area contributed by atoms with Crippen molar-refractivity contribution in [1.82, 2.24) is 100 Å². The number of fused-ring (bicyclic) bond motifs is 4. The van der Waals surface area contributed by atoms with Crippen LogP contribution in [0.4, 0.5) is 8.78 Å². The van der Waals surface area contributed by atoms with Crippen LogP contribution >= 0.6 is 0 Å². The Morgan fingerprint density at radius 2 is 0.616 bits per heavy atom. The number of aliphatic hydroxyl groups is 4. The first kappa shape index (κ1) is 89.1. The van der Waals surface area contributed by atoms with E-state index in [1.807, 2.05) is 169 Å². The van der Waals surface area contributed by atoms with Crippen molar-refractivity contribution in [2.24, 2.45) is 5.92 Å². The number of aromatic amines is 4. The molecule has 4 aromatic carbocycles. The molecule has 0 aliphatic heterocycles. The molecule has 16 heterocycles. The highest BCUT2D eigenvalue weighted by molar-refractivity contribution is 5.92. The van der Waals surface area contributed by atoms with Crippen molar-refractivity contribution < 1.29 is 47.3 Å². The molecule has 4 fully saturated rings. The lowest BCUT2D eigenvalue weighted by molar-refractivity contribution is 0.113. The number of hydrogen-bond acceptors (Lipinski definition) is 24. The Kier molecular flexibility index (Phi) is 23.0. The minimum Gasteiger partial charge on any atom is -0.373 e. The van der Waals surface area contributed by atoms with Crippen LogP contribution in [0.15, 0.2) is 262 Å². The van der Waals surface area contributed by atoms with Crippen LogP contribution in [-0.2, 0) is 27.8 Å². The highest BCUT2D eigenvalue weighted by atomic mass is 19.3. The number of aryl methyl sites for hydroxylation is 7. The van der Waals surface area contributed by atoms with Crippen LogP contribution in [0.25, 0.3) is 88.6 Å². The van der Waals surface area contributed by atoms with Crippen molar-refractivity contribution in [3.8, 4) is 44.5 Å². The van der Waals surface area contributed by atoms with Gasteiger partial charge in [-0.1, -0.05) is 95.8 Å². The molecule has 0 bridgehead atoms. The molecule has 0 saturated heterocycles. The summed E-state index contributed by atoms with van der Waals surface area (Å²) in [6.07, 6.45) is 20.4. The number of halogens is 2. The first-order valence-electron chi connectivity index (χ1n) is 46.3. The maximum atomic E-state index is 13.8. The minimum atomic E-state index is -2.85. The number of benzene rings is 4. The first-order chi connectivity index (χ1) is 66.9. The lowest BCUT2D eigenvalue weighted by Gasteiger charge is -2.28. The van der Waals surface area contributed by atoms with E-state index >= 15 is 0 Å². The van der Waals surface area contributed by atoms with Crippen LogP contribution in [0.1, 0.15) is 233 Å². The summed E-state index contributed by atoms with van der Waals surface area (Å²) in [7, 11) is 0. The topological polar surface area (TPSA) is 403 Å². The van der Waals surface area contributed by atoms with E-state index in [4.69, 9.17) is 38.0 Å². The number of alkyl halides is 2. The van der Waals surface area contributed by atoms with Gasteiger partial charge in [-0.25, -0.2) is 28.7 Å². The van der Waals surface area contributed by atoms with E-state index in [1.165, 1.54) is 12.8 Å². The van der Waals surface area contributed by atoms with Crippen LogP contribution < -0.4 is 0 Å². The minimum absolute atomic E-state index is 0.0353. The quantitative estimate of drug-likeness (QED) is 0.0331. The van der Waals surface area contributed by atoms with E-state index in [2.05, 4.69) is 112 Å². The Hall–Kier alpha value is -15.5. The molecule has 16 aromatic heterocycles. The van der Waals surface area contributed by atoms with Crippen molar-refractivity contribution >= 4 is 44.1 Å². The summed E-state index contributed by atoms with van der Waals surface area (Å²) in [6, 6.07) is 59.2. The standard InChI is InChI=1S/C28H27N5O2.2C27H25N5O2.C26H21F2N5O2/c1-17-25(18(2)35-33-17)20-15-21(26-22(16-20)31-27(32-26)19-9-3-4-10-19)28(34,23-11-5-7-13-29-23)24-12-6-8-14-30-24;1-16-23(17(2)34-32-16)18-14-19(24-20(15-18)30-25(31-24)26(3)10-11-26)27(33,21-8-4-6-12-28-21)22-9-5-7-13-29-22;1-15-12-19(15)26-30-21-14-18(24-16(2)32-34-17(24)3)13-20(25(21)31-26)27(33,22-8-4-6-10-28-22)23-9-5-7-11-29-23;1-14-21(23(24(27)28)35-33-14)16-12-17(22-18(13-16)31-25(32-22)15-8-9-15)26(34,19-6-2-4-10-29-19)20-7-3-5-11-30-20/h5-8,11-16,19,34H,3-4,9-10H2,1-2H3,(H,31,32);4-9,12-15,33H,10-11H2,1-3H3,(H,30,31);4-11,13-15,19,33H,12H2,1-3H3,(H,30,31);2-7,10-13,15,24,34H,8-9H2,1H3,(H,31,32). The lowest BCUT2D eigenvalue weighted by atomic mass is 9.83. The number of aromatic nitrogens is 20. The zero-order valence-electron chi connectivity index (χ0n) is 77.2. The van der Waals surface area contributed by atoms with Gasteiger partial charge >= 0.3 is 0 Å². The zero-order chi connectivity index (χ0) is 95.1. The number of nitrogens with one attached hydrogen (secondary N) is 4. The van der Waals surface area contributed by atoms with Crippen LogP contribution in [0.3, 0.4) is 0 Å². The van der Waals surface area contributed by atoms with Gasteiger partial charge in [0.15, 0.2) is 22.4 Å². The molecule has 28 nitrogen and oxygen atoms in total. The van der Waals surface area contributed by atoms with Gasteiger partial charge < -0.3 is 58.5 Å². The SMILES string of the molecule is Cc1noc(C(F)F)c1-c1cc(C(O)(c2ccccn2)c2ccccn2)c2nc(C3CC3)[nH]c2c1.Cc1noc(C)c1-c1cc(C(O)(c2ccccn2)c2ccccn2)c2nc(C3(C)CC3)[nH]c2c1.Cc1noc(C)c1-c1cc(C(O)(c2ccccn2)c2ccccn2)c2nc(C3CC3C)[nH]c2c1.Cc1noc(C)c1-c1cc(C(O)(c2ccccn2)c2ccccn2)c2nc(C3CCCC3)[nH]c2c1. The zero-order valence-corrected chi connectivity index (χ0v) is 77.2. The maximum Gasteiger partial charge on any atom is 0.298 e. The van der Waals surface area contributed by atoms with Gasteiger partial charge in [0.2, 0.25) is 5.76 Å². The van der Waals surface area contributed by atoms with Gasteiger partial charge in [0.1, 0.15) is 40.6 Å². The molecule has 2 atom stereocenters. The van der Waals surface area contributed by atoms with Gasteiger partial charge in [-0.05, 0) is 267 Å². The Bertz CT molecular complexity index is 7530. The van der Waals surface area contributed by atoms with Crippen molar-refractivity contribution in [2.45, 2.75) is 172 Å². The van der Waals surface area contributed by atoms with Gasteiger partial charge in [0, 0.05) is 112 Å². The number of pyridine rings is 8. The summed E-state index contributed by atoms with van der Waals surface area (Å²) in [4.78, 5) is 70.1. The second kappa shape index (κ2) is 35.6. The van der Waals surface area contributed by atoms with Gasteiger partial charge in [0.05, 0.1) is 118 Å². The summed E-state index contributed by atoms with van der Waals surface area (Å²) >= 11 is 0. The summed E-state index contributed by atoms with van der Waals surface area (Å²) < 4.78 is 49.0. The second-order valence-electron chi connectivity index (χ2n) is 36.7. The van der Waals surface area contributed by atoms with Gasteiger partial charge in [-0.3, -0.25) is 39.9 Å². The van der Waals surface area contributed by atoms with Gasteiger partial charge in [-0.15, -0.1) is 0 Å². The second-order valence-corrected chi connectivity index (χ2v) is 36.7. The molecule has 30 heteroatoms. The Labute approximate surface area is 790 Å². The average Bonchev–Trinajstić information content (AvgIpc) is 1.52. The predicted octanol–water partition coefficient (Wildman–Crippen LogP) is 21.0. The van der Waals surface area contributed by atoms with Crippen LogP contribution in [0, 0.1) is 54.4 Å². The van der Waals surface area contributed by atoms with E-state index in [0.29, 0.717) is 125 Å². The predicted molar refractivity (Wildman–Crippen MR) is 513 cm³/mol. The van der Waals surface area contributed by atoms with Gasteiger partial charge in [-0.2, -0.15) is 0 Å². The largest absolute Gasteiger partial charge is 0.373 e. The number of imidazole rings is 4. The van der Waals surface area contributed by atoms with Crippen LogP contribution in [0.2, 0.25) is 0 Å². The first-order valence-corrected chi connectivity index (χ1v) is 46.3. The maximum absolute atomic E-state index is 13.8.